The Hall–Kier alpha value is -0.497. The van der Waals surface area contributed by atoms with E-state index in [1.807, 2.05) is 55.5 Å². The van der Waals surface area contributed by atoms with Gasteiger partial charge in [-0.3, -0.25) is 0 Å². The quantitative estimate of drug-likeness (QED) is 0.779. The topological polar surface area (TPSA) is 34.3 Å². The average Bonchev–Trinajstić information content (AvgIpc) is 2.43. The van der Waals surface area contributed by atoms with Crippen molar-refractivity contribution in [3.05, 3.63) is 65.0 Å². The zero-order chi connectivity index (χ0) is 14.1. The van der Waals surface area contributed by atoms with Crippen LogP contribution in [0.25, 0.3) is 5.32 Å². The third kappa shape index (κ3) is 5.99. The molecule has 0 unspecified atom stereocenters. The third-order valence-corrected chi connectivity index (χ3v) is 2.51. The third-order valence-electron chi connectivity index (χ3n) is 2.51. The Bertz CT molecular complexity index is 494. The van der Waals surface area contributed by atoms with Crippen LogP contribution in [-0.4, -0.2) is 5.11 Å². The second-order valence-corrected chi connectivity index (χ2v) is 7.54. The number of rotatable bonds is 3. The summed E-state index contributed by atoms with van der Waals surface area (Å²) < 4.78 is 0. The van der Waals surface area contributed by atoms with Gasteiger partial charge in [-0.1, -0.05) is 48.5 Å². The second-order valence-electron chi connectivity index (χ2n) is 3.81. The van der Waals surface area contributed by atoms with Crippen molar-refractivity contribution in [3.8, 4) is 5.75 Å². The number of phenols is 1. The standard InChI is InChI=1S/C14H14NO.2ClH.Zr/c1-11-6-5-7-12(14(11)16)10-15-13-8-3-2-4-9-13;;;/h2-9,16H,10H2,1H3;2*1H;/q-1;;;+2/p-2. The molecule has 0 atom stereocenters. The maximum absolute atomic E-state index is 9.82. The van der Waals surface area contributed by atoms with E-state index in [2.05, 4.69) is 5.32 Å². The molecule has 2 nitrogen and oxygen atoms in total. The van der Waals surface area contributed by atoms with Gasteiger partial charge in [0.2, 0.25) is 0 Å². The first kappa shape index (κ1) is 16.6. The van der Waals surface area contributed by atoms with Crippen LogP contribution in [-0.2, 0) is 27.4 Å². The zero-order valence-corrected chi connectivity index (χ0v) is 14.4. The first-order chi connectivity index (χ1) is 9.19. The molecule has 0 radical (unpaired) electrons. The molecule has 0 amide bonds. The molecule has 2 aromatic carbocycles. The predicted octanol–water partition coefficient (Wildman–Crippen LogP) is 5.28. The van der Waals surface area contributed by atoms with Crippen LogP contribution in [0.4, 0.5) is 5.69 Å². The van der Waals surface area contributed by atoms with Crippen LogP contribution in [0.1, 0.15) is 11.1 Å². The molecule has 0 spiro atoms. The first-order valence-electron chi connectivity index (χ1n) is 5.65. The Balaban J connectivity index is 0.000000550. The van der Waals surface area contributed by atoms with Crippen molar-refractivity contribution in [2.45, 2.75) is 13.5 Å². The van der Waals surface area contributed by atoms with Crippen molar-refractivity contribution in [2.24, 2.45) is 0 Å². The van der Waals surface area contributed by atoms with E-state index in [1.54, 1.807) is 0 Å². The van der Waals surface area contributed by atoms with Gasteiger partial charge in [0.1, 0.15) is 5.75 Å². The summed E-state index contributed by atoms with van der Waals surface area (Å²) in [5, 5.41) is 14.2. The number of phenolic OH excluding ortho intramolecular Hbond substituents is 1. The van der Waals surface area contributed by atoms with E-state index in [4.69, 9.17) is 17.0 Å². The normalized spacial score (nSPS) is 9.21. The van der Waals surface area contributed by atoms with Crippen LogP contribution >= 0.6 is 17.0 Å². The molecular formula is C14H14Cl2NOZr-. The van der Waals surface area contributed by atoms with E-state index in [-0.39, 0.29) is 0 Å². The fourth-order valence-electron chi connectivity index (χ4n) is 1.56. The van der Waals surface area contributed by atoms with Crippen LogP contribution in [0.5, 0.6) is 5.75 Å². The number of benzene rings is 2. The summed E-state index contributed by atoms with van der Waals surface area (Å²) >= 11 is -0.826. The first-order valence-corrected chi connectivity index (χ1v) is 12.0. The Labute approximate surface area is 132 Å². The molecule has 0 aliphatic rings. The average molecular weight is 374 g/mol. The van der Waals surface area contributed by atoms with Crippen molar-refractivity contribution in [1.29, 1.82) is 0 Å². The molecule has 100 valence electrons. The molecule has 0 aromatic heterocycles. The van der Waals surface area contributed by atoms with E-state index in [0.29, 0.717) is 12.3 Å². The van der Waals surface area contributed by atoms with Crippen LogP contribution in [0, 0.1) is 6.92 Å². The van der Waals surface area contributed by atoms with Crippen molar-refractivity contribution >= 4 is 22.7 Å². The number of nitrogens with zero attached hydrogens (tertiary/aromatic N) is 1. The molecule has 0 bridgehead atoms. The molecule has 2 aromatic rings. The van der Waals surface area contributed by atoms with Gasteiger partial charge in [-0.2, -0.15) is 0 Å². The molecule has 0 fully saturated rings. The zero-order valence-electron chi connectivity index (χ0n) is 10.5. The summed E-state index contributed by atoms with van der Waals surface area (Å²) in [5.74, 6) is 0.349. The van der Waals surface area contributed by atoms with E-state index < -0.39 is 20.8 Å². The molecule has 19 heavy (non-hydrogen) atoms. The second kappa shape index (κ2) is 9.41. The number of halogens is 2. The van der Waals surface area contributed by atoms with E-state index in [0.717, 1.165) is 16.8 Å². The minimum absolute atomic E-state index is 0.349. The molecule has 1 N–H and O–H groups in total. The van der Waals surface area contributed by atoms with E-state index >= 15 is 0 Å². The van der Waals surface area contributed by atoms with Crippen molar-refractivity contribution in [2.75, 3.05) is 0 Å². The SMILES string of the molecule is Cc1cccc(C[N-]c2ccccc2)c1O.[Cl][Zr][Cl]. The van der Waals surface area contributed by atoms with Gasteiger partial charge >= 0.3 is 37.9 Å². The van der Waals surface area contributed by atoms with Gasteiger partial charge in [0.25, 0.3) is 0 Å². The van der Waals surface area contributed by atoms with Gasteiger partial charge in [0, 0.05) is 0 Å². The molecule has 5 heteroatoms. The van der Waals surface area contributed by atoms with Crippen LogP contribution in [0.2, 0.25) is 0 Å². The summed E-state index contributed by atoms with van der Waals surface area (Å²) in [6, 6.07) is 15.5. The van der Waals surface area contributed by atoms with Crippen LogP contribution < -0.4 is 0 Å². The maximum atomic E-state index is 9.82. The van der Waals surface area contributed by atoms with Crippen molar-refractivity contribution in [3.63, 3.8) is 0 Å². The van der Waals surface area contributed by atoms with Crippen molar-refractivity contribution in [1.82, 2.24) is 0 Å². The van der Waals surface area contributed by atoms with Crippen LogP contribution in [0.15, 0.2) is 48.5 Å². The Morgan fingerprint density at radius 2 is 1.68 bits per heavy atom. The molecule has 0 heterocycles. The van der Waals surface area contributed by atoms with Gasteiger partial charge in [-0.15, -0.1) is 12.2 Å². The van der Waals surface area contributed by atoms with Gasteiger partial charge in [-0.05, 0) is 18.1 Å². The summed E-state index contributed by atoms with van der Waals surface area (Å²) in [5.41, 5.74) is 2.69. The minimum atomic E-state index is -0.826. The van der Waals surface area contributed by atoms with E-state index in [1.165, 1.54) is 0 Å². The summed E-state index contributed by atoms with van der Waals surface area (Å²) in [6.45, 7) is 2.40. The predicted molar refractivity (Wildman–Crippen MR) is 77.7 cm³/mol. The Morgan fingerprint density at radius 3 is 2.32 bits per heavy atom. The summed E-state index contributed by atoms with van der Waals surface area (Å²) in [4.78, 5) is 0. The number of aryl methyl sites for hydroxylation is 1. The van der Waals surface area contributed by atoms with Gasteiger partial charge < -0.3 is 10.4 Å². The number of aromatic hydroxyl groups is 1. The van der Waals surface area contributed by atoms with Crippen LogP contribution in [0.3, 0.4) is 0 Å². The van der Waals surface area contributed by atoms with E-state index in [9.17, 15) is 5.11 Å². The fourth-order valence-corrected chi connectivity index (χ4v) is 1.56. The Morgan fingerprint density at radius 1 is 1.05 bits per heavy atom. The molecule has 0 aliphatic heterocycles. The Kier molecular flexibility index (Phi) is 8.20. The molecule has 0 aliphatic carbocycles. The molecular weight excluding hydrogens is 360 g/mol. The molecule has 0 saturated carbocycles. The van der Waals surface area contributed by atoms with Gasteiger partial charge in [-0.25, -0.2) is 0 Å². The summed E-state index contributed by atoms with van der Waals surface area (Å²) in [6.07, 6.45) is 0. The monoisotopic (exact) mass is 372 g/mol. The molecule has 0 saturated heterocycles. The van der Waals surface area contributed by atoms with Gasteiger partial charge in [0.15, 0.2) is 0 Å². The number of para-hydroxylation sites is 2. The summed E-state index contributed by atoms with van der Waals surface area (Å²) in [7, 11) is 9.87. The number of hydrogen-bond donors (Lipinski definition) is 1. The van der Waals surface area contributed by atoms with Crippen molar-refractivity contribution < 1.29 is 26.0 Å². The number of hydrogen-bond acceptors (Lipinski definition) is 1. The fraction of sp³-hybridized carbons (Fsp3) is 0.143. The van der Waals surface area contributed by atoms with Gasteiger partial charge in [0.05, 0.1) is 0 Å². The molecule has 2 rings (SSSR count).